The molecule has 0 saturated carbocycles. The van der Waals surface area contributed by atoms with E-state index in [1.165, 1.54) is 11.3 Å². The summed E-state index contributed by atoms with van der Waals surface area (Å²) >= 11 is 1.41. The van der Waals surface area contributed by atoms with E-state index >= 15 is 0 Å². The molecule has 0 amide bonds. The van der Waals surface area contributed by atoms with Gasteiger partial charge in [0.15, 0.2) is 11.5 Å². The number of carboxylic acid groups (broad SMARTS) is 1. The summed E-state index contributed by atoms with van der Waals surface area (Å²) in [5, 5.41) is 11.4. The van der Waals surface area contributed by atoms with Crippen molar-refractivity contribution in [2.24, 2.45) is 0 Å². The first-order valence-corrected chi connectivity index (χ1v) is 8.55. The molecule has 3 aromatic rings. The number of aromatic nitrogens is 1. The van der Waals surface area contributed by atoms with Crippen molar-refractivity contribution < 1.29 is 19.4 Å². The van der Waals surface area contributed by atoms with Crippen LogP contribution in [0.15, 0.2) is 53.9 Å². The maximum absolute atomic E-state index is 10.8. The third-order valence-corrected chi connectivity index (χ3v) is 4.47. The highest BCUT2D eigenvalue weighted by Gasteiger charge is 2.12. The first kappa shape index (κ1) is 17.0. The van der Waals surface area contributed by atoms with Crippen molar-refractivity contribution in [3.8, 4) is 22.1 Å². The quantitative estimate of drug-likeness (QED) is 0.693. The number of rotatable bonds is 7. The highest BCUT2D eigenvalue weighted by atomic mass is 32.1. The number of carbonyl (C=O) groups is 1. The zero-order valence-corrected chi connectivity index (χ0v) is 14.5. The van der Waals surface area contributed by atoms with Crippen LogP contribution >= 0.6 is 11.3 Å². The van der Waals surface area contributed by atoms with Crippen molar-refractivity contribution in [3.05, 3.63) is 65.2 Å². The Balaban J connectivity index is 1.81. The lowest BCUT2D eigenvalue weighted by atomic mass is 10.2. The topological polar surface area (TPSA) is 68.7 Å². The second kappa shape index (κ2) is 7.81. The van der Waals surface area contributed by atoms with E-state index in [-0.39, 0.29) is 6.42 Å². The number of aliphatic carboxylic acids is 1. The molecule has 0 bridgehead atoms. The van der Waals surface area contributed by atoms with Gasteiger partial charge in [-0.1, -0.05) is 30.3 Å². The van der Waals surface area contributed by atoms with E-state index in [9.17, 15) is 4.79 Å². The summed E-state index contributed by atoms with van der Waals surface area (Å²) in [5.74, 6) is 0.374. The monoisotopic (exact) mass is 355 g/mol. The highest BCUT2D eigenvalue weighted by Crippen LogP contribution is 2.34. The number of methoxy groups -OCH3 is 1. The molecule has 1 aromatic heterocycles. The maximum atomic E-state index is 10.8. The minimum Gasteiger partial charge on any atom is -0.493 e. The van der Waals surface area contributed by atoms with Crippen LogP contribution in [0.5, 0.6) is 11.5 Å². The van der Waals surface area contributed by atoms with Gasteiger partial charge in [0.1, 0.15) is 11.6 Å². The van der Waals surface area contributed by atoms with Crippen LogP contribution < -0.4 is 9.47 Å². The molecule has 2 aromatic carbocycles. The Morgan fingerprint density at radius 1 is 1.16 bits per heavy atom. The second-order valence-electron chi connectivity index (χ2n) is 5.35. The Morgan fingerprint density at radius 2 is 1.96 bits per heavy atom. The Kier molecular flexibility index (Phi) is 5.30. The number of thiazole rings is 1. The molecule has 0 fully saturated rings. The summed E-state index contributed by atoms with van der Waals surface area (Å²) < 4.78 is 11.3. The zero-order chi connectivity index (χ0) is 17.6. The molecule has 0 saturated heterocycles. The van der Waals surface area contributed by atoms with Gasteiger partial charge in [0.05, 0.1) is 19.2 Å². The van der Waals surface area contributed by atoms with Crippen LogP contribution in [-0.2, 0) is 17.8 Å². The van der Waals surface area contributed by atoms with E-state index in [1.54, 1.807) is 12.5 Å². The lowest BCUT2D eigenvalue weighted by molar-refractivity contribution is -0.136. The largest absolute Gasteiger partial charge is 0.493 e. The van der Waals surface area contributed by atoms with E-state index in [1.807, 2.05) is 48.5 Å². The summed E-state index contributed by atoms with van der Waals surface area (Å²) in [5.41, 5.74) is 2.48. The average Bonchev–Trinajstić information content (AvgIpc) is 3.08. The average molecular weight is 355 g/mol. The third kappa shape index (κ3) is 4.36. The molecule has 0 spiro atoms. The number of nitrogens with zero attached hydrogens (tertiary/aromatic N) is 1. The first-order valence-electron chi connectivity index (χ1n) is 7.67. The lowest BCUT2D eigenvalue weighted by Crippen LogP contribution is -2.00. The molecule has 6 heteroatoms. The number of ether oxygens (including phenoxy) is 2. The summed E-state index contributed by atoms with van der Waals surface area (Å²) in [7, 11) is 1.60. The standard InChI is InChI=1S/C19H17NO4S/c1-23-16-8-7-14(19-20-15(12-25-19)10-18(21)22)9-17(16)24-11-13-5-3-2-4-6-13/h2-9,12H,10-11H2,1H3,(H,21,22). The van der Waals surface area contributed by atoms with Crippen molar-refractivity contribution in [2.45, 2.75) is 13.0 Å². The summed E-state index contributed by atoms with van der Waals surface area (Å²) in [6, 6.07) is 15.5. The minimum atomic E-state index is -0.890. The van der Waals surface area contributed by atoms with E-state index in [4.69, 9.17) is 14.6 Å². The van der Waals surface area contributed by atoms with Crippen molar-refractivity contribution >= 4 is 17.3 Å². The fourth-order valence-electron chi connectivity index (χ4n) is 2.33. The normalized spacial score (nSPS) is 10.4. The van der Waals surface area contributed by atoms with E-state index in [0.717, 1.165) is 16.1 Å². The molecule has 25 heavy (non-hydrogen) atoms. The van der Waals surface area contributed by atoms with Gasteiger partial charge in [-0.15, -0.1) is 11.3 Å². The van der Waals surface area contributed by atoms with Crippen LogP contribution in [0.3, 0.4) is 0 Å². The van der Waals surface area contributed by atoms with Crippen LogP contribution in [0.2, 0.25) is 0 Å². The van der Waals surface area contributed by atoms with Gasteiger partial charge in [-0.05, 0) is 23.8 Å². The SMILES string of the molecule is COc1ccc(-c2nc(CC(=O)O)cs2)cc1OCc1ccccc1. The molecular weight excluding hydrogens is 338 g/mol. The van der Waals surface area contributed by atoms with Gasteiger partial charge in [-0.25, -0.2) is 4.98 Å². The fraction of sp³-hybridized carbons (Fsp3) is 0.158. The molecule has 0 radical (unpaired) electrons. The van der Waals surface area contributed by atoms with E-state index in [0.29, 0.717) is 23.8 Å². The second-order valence-corrected chi connectivity index (χ2v) is 6.21. The third-order valence-electron chi connectivity index (χ3n) is 3.53. The van der Waals surface area contributed by atoms with Gasteiger partial charge in [-0.3, -0.25) is 4.79 Å². The molecule has 5 nitrogen and oxygen atoms in total. The molecule has 1 N–H and O–H groups in total. The number of hydrogen-bond acceptors (Lipinski definition) is 5. The van der Waals surface area contributed by atoms with Crippen LogP contribution in [0, 0.1) is 0 Å². The molecule has 0 aliphatic carbocycles. The Hall–Kier alpha value is -2.86. The predicted octanol–water partition coefficient (Wildman–Crippen LogP) is 4.02. The fourth-order valence-corrected chi connectivity index (χ4v) is 3.15. The van der Waals surface area contributed by atoms with Crippen molar-refractivity contribution in [2.75, 3.05) is 7.11 Å². The molecule has 0 atom stereocenters. The summed E-state index contributed by atoms with van der Waals surface area (Å²) in [6.07, 6.45) is -0.0793. The van der Waals surface area contributed by atoms with Gasteiger partial charge in [0, 0.05) is 10.9 Å². The lowest BCUT2D eigenvalue weighted by Gasteiger charge is -2.12. The maximum Gasteiger partial charge on any atom is 0.309 e. The Bertz CT molecular complexity index is 861. The first-order chi connectivity index (χ1) is 12.2. The molecule has 0 aliphatic heterocycles. The molecule has 0 unspecified atom stereocenters. The van der Waals surface area contributed by atoms with Gasteiger partial charge < -0.3 is 14.6 Å². The van der Waals surface area contributed by atoms with Crippen molar-refractivity contribution in [1.29, 1.82) is 0 Å². The molecule has 0 aliphatic rings. The Labute approximate surface area is 149 Å². The molecule has 128 valence electrons. The minimum absolute atomic E-state index is 0.0793. The molecular formula is C19H17NO4S. The highest BCUT2D eigenvalue weighted by molar-refractivity contribution is 7.13. The molecule has 3 rings (SSSR count). The van der Waals surface area contributed by atoms with Crippen LogP contribution in [-0.4, -0.2) is 23.2 Å². The number of hydrogen-bond donors (Lipinski definition) is 1. The van der Waals surface area contributed by atoms with E-state index in [2.05, 4.69) is 4.98 Å². The van der Waals surface area contributed by atoms with Gasteiger partial charge >= 0.3 is 5.97 Å². The zero-order valence-electron chi connectivity index (χ0n) is 13.6. The van der Waals surface area contributed by atoms with Gasteiger partial charge in [-0.2, -0.15) is 0 Å². The van der Waals surface area contributed by atoms with Crippen molar-refractivity contribution in [3.63, 3.8) is 0 Å². The summed E-state index contributed by atoms with van der Waals surface area (Å²) in [6.45, 7) is 0.433. The molecule has 1 heterocycles. The number of carboxylic acids is 1. The van der Waals surface area contributed by atoms with Crippen LogP contribution in [0.25, 0.3) is 10.6 Å². The Morgan fingerprint density at radius 3 is 2.68 bits per heavy atom. The van der Waals surface area contributed by atoms with Crippen LogP contribution in [0.1, 0.15) is 11.3 Å². The van der Waals surface area contributed by atoms with Crippen LogP contribution in [0.4, 0.5) is 0 Å². The van der Waals surface area contributed by atoms with E-state index < -0.39 is 5.97 Å². The predicted molar refractivity (Wildman–Crippen MR) is 96.2 cm³/mol. The van der Waals surface area contributed by atoms with Gasteiger partial charge in [0.2, 0.25) is 0 Å². The van der Waals surface area contributed by atoms with Crippen molar-refractivity contribution in [1.82, 2.24) is 4.98 Å². The smallest absolute Gasteiger partial charge is 0.309 e. The van der Waals surface area contributed by atoms with Gasteiger partial charge in [0.25, 0.3) is 0 Å². The summed E-state index contributed by atoms with van der Waals surface area (Å²) in [4.78, 5) is 15.2. The number of benzene rings is 2.